The Balaban J connectivity index is 2.36. The smallest absolute Gasteiger partial charge is 0.0343 e. The molecular formula is C13H16N2. The van der Waals surface area contributed by atoms with Crippen LogP contribution in [0.4, 0.5) is 0 Å². The topological polar surface area (TPSA) is 25.2 Å². The third-order valence-electron chi connectivity index (χ3n) is 2.85. The van der Waals surface area contributed by atoms with Crippen molar-refractivity contribution in [3.63, 3.8) is 0 Å². The van der Waals surface area contributed by atoms with Gasteiger partial charge in [-0.3, -0.25) is 9.98 Å². The molecule has 1 unspecified atom stereocenters. The first-order chi connectivity index (χ1) is 7.31. The van der Waals surface area contributed by atoms with Crippen LogP contribution in [0, 0.1) is 12.8 Å². The molecule has 1 aromatic heterocycles. The lowest BCUT2D eigenvalue weighted by Gasteiger charge is -2.19. The normalized spacial score (nSPS) is 20.1. The Morgan fingerprint density at radius 3 is 3.00 bits per heavy atom. The van der Waals surface area contributed by atoms with Crippen LogP contribution in [-0.2, 0) is 0 Å². The van der Waals surface area contributed by atoms with Crippen LogP contribution >= 0.6 is 0 Å². The van der Waals surface area contributed by atoms with Crippen molar-refractivity contribution < 1.29 is 0 Å². The van der Waals surface area contributed by atoms with E-state index in [1.807, 2.05) is 24.8 Å². The van der Waals surface area contributed by atoms with Crippen molar-refractivity contribution >= 4 is 11.8 Å². The Labute approximate surface area is 90.8 Å². The average Bonchev–Trinajstić information content (AvgIpc) is 2.29. The number of aromatic nitrogens is 1. The van der Waals surface area contributed by atoms with Crippen molar-refractivity contribution in [1.29, 1.82) is 0 Å². The van der Waals surface area contributed by atoms with E-state index in [0.29, 0.717) is 5.92 Å². The summed E-state index contributed by atoms with van der Waals surface area (Å²) in [7, 11) is 0. The van der Waals surface area contributed by atoms with Crippen LogP contribution in [0.5, 0.6) is 0 Å². The summed E-state index contributed by atoms with van der Waals surface area (Å²) in [6.07, 6.45) is 10.0. The zero-order valence-electron chi connectivity index (χ0n) is 9.27. The van der Waals surface area contributed by atoms with E-state index in [-0.39, 0.29) is 0 Å². The van der Waals surface area contributed by atoms with Crippen LogP contribution in [0.2, 0.25) is 0 Å². The van der Waals surface area contributed by atoms with Gasteiger partial charge in [0.15, 0.2) is 0 Å². The maximum absolute atomic E-state index is 4.25. The van der Waals surface area contributed by atoms with Gasteiger partial charge in [0.25, 0.3) is 0 Å². The van der Waals surface area contributed by atoms with Crippen LogP contribution in [0.1, 0.15) is 30.9 Å². The molecule has 0 aliphatic carbocycles. The van der Waals surface area contributed by atoms with Crippen molar-refractivity contribution in [2.45, 2.75) is 26.7 Å². The molecule has 0 radical (unpaired) electrons. The van der Waals surface area contributed by atoms with E-state index in [1.165, 1.54) is 16.7 Å². The van der Waals surface area contributed by atoms with Crippen LogP contribution in [0.3, 0.4) is 0 Å². The van der Waals surface area contributed by atoms with Crippen molar-refractivity contribution in [2.75, 3.05) is 0 Å². The number of hydrogen-bond acceptors (Lipinski definition) is 2. The third-order valence-corrected chi connectivity index (χ3v) is 2.85. The van der Waals surface area contributed by atoms with Crippen LogP contribution in [0.15, 0.2) is 29.7 Å². The highest BCUT2D eigenvalue weighted by atomic mass is 14.7. The van der Waals surface area contributed by atoms with Crippen molar-refractivity contribution in [1.82, 2.24) is 4.98 Å². The number of allylic oxidation sites excluding steroid dienone is 1. The Hall–Kier alpha value is -1.44. The highest BCUT2D eigenvalue weighted by Crippen LogP contribution is 2.30. The van der Waals surface area contributed by atoms with Crippen molar-refractivity contribution in [3.05, 3.63) is 35.8 Å². The molecule has 0 aromatic carbocycles. The van der Waals surface area contributed by atoms with Crippen molar-refractivity contribution in [3.8, 4) is 0 Å². The van der Waals surface area contributed by atoms with Gasteiger partial charge in [-0.1, -0.05) is 6.92 Å². The fourth-order valence-electron chi connectivity index (χ4n) is 1.96. The standard InChI is InChI=1S/C13H16N2/c1-3-11-4-5-14-9-13(11)12-6-10(2)7-15-8-12/h5-9,11H,3-4H2,1-2H3. The van der Waals surface area contributed by atoms with Gasteiger partial charge < -0.3 is 0 Å². The fraction of sp³-hybridized carbons (Fsp3) is 0.385. The van der Waals surface area contributed by atoms with Crippen LogP contribution < -0.4 is 0 Å². The second kappa shape index (κ2) is 4.39. The molecule has 0 spiro atoms. The highest BCUT2D eigenvalue weighted by molar-refractivity contribution is 5.75. The van der Waals surface area contributed by atoms with E-state index in [9.17, 15) is 0 Å². The van der Waals surface area contributed by atoms with E-state index in [4.69, 9.17) is 0 Å². The molecule has 0 N–H and O–H groups in total. The maximum Gasteiger partial charge on any atom is 0.0343 e. The summed E-state index contributed by atoms with van der Waals surface area (Å²) < 4.78 is 0. The number of pyridine rings is 1. The van der Waals surface area contributed by atoms with E-state index in [0.717, 1.165) is 12.8 Å². The zero-order valence-corrected chi connectivity index (χ0v) is 9.27. The molecule has 78 valence electrons. The van der Waals surface area contributed by atoms with Crippen molar-refractivity contribution in [2.24, 2.45) is 10.9 Å². The van der Waals surface area contributed by atoms with E-state index >= 15 is 0 Å². The Morgan fingerprint density at radius 1 is 1.40 bits per heavy atom. The molecule has 1 aromatic rings. The van der Waals surface area contributed by atoms with Gasteiger partial charge in [-0.15, -0.1) is 0 Å². The second-order valence-corrected chi connectivity index (χ2v) is 4.01. The lowest BCUT2D eigenvalue weighted by molar-refractivity contribution is 0.672. The minimum absolute atomic E-state index is 0.603. The number of rotatable bonds is 2. The molecule has 1 aliphatic heterocycles. The molecule has 1 aliphatic rings. The molecule has 2 rings (SSSR count). The van der Waals surface area contributed by atoms with Gasteiger partial charge in [0, 0.05) is 24.8 Å². The maximum atomic E-state index is 4.25. The largest absolute Gasteiger partial charge is 0.269 e. The first-order valence-corrected chi connectivity index (χ1v) is 5.45. The molecule has 1 atom stereocenters. The Kier molecular flexibility index (Phi) is 2.95. The summed E-state index contributed by atoms with van der Waals surface area (Å²) in [4.78, 5) is 8.48. The van der Waals surface area contributed by atoms with Gasteiger partial charge in [-0.05, 0) is 48.4 Å². The summed E-state index contributed by atoms with van der Waals surface area (Å²) >= 11 is 0. The lowest BCUT2D eigenvalue weighted by Crippen LogP contribution is -2.06. The minimum atomic E-state index is 0.603. The summed E-state index contributed by atoms with van der Waals surface area (Å²) in [6, 6.07) is 2.18. The molecule has 0 fully saturated rings. The molecule has 2 heterocycles. The average molecular weight is 200 g/mol. The van der Waals surface area contributed by atoms with Gasteiger partial charge in [-0.25, -0.2) is 0 Å². The van der Waals surface area contributed by atoms with Crippen LogP contribution in [-0.4, -0.2) is 11.2 Å². The summed E-state index contributed by atoms with van der Waals surface area (Å²) in [5, 5.41) is 0. The summed E-state index contributed by atoms with van der Waals surface area (Å²) in [5.74, 6) is 0.603. The highest BCUT2D eigenvalue weighted by Gasteiger charge is 2.15. The number of aliphatic imine (C=N–C) groups is 1. The summed E-state index contributed by atoms with van der Waals surface area (Å²) in [6.45, 7) is 4.30. The molecular weight excluding hydrogens is 184 g/mol. The van der Waals surface area contributed by atoms with E-state index in [1.54, 1.807) is 0 Å². The number of aryl methyl sites for hydroxylation is 1. The van der Waals surface area contributed by atoms with E-state index in [2.05, 4.69) is 29.9 Å². The predicted molar refractivity (Wildman–Crippen MR) is 63.8 cm³/mol. The quantitative estimate of drug-likeness (QED) is 0.719. The lowest BCUT2D eigenvalue weighted by atomic mass is 9.88. The zero-order chi connectivity index (χ0) is 10.7. The number of nitrogens with zero attached hydrogens (tertiary/aromatic N) is 2. The molecule has 0 bridgehead atoms. The van der Waals surface area contributed by atoms with Gasteiger partial charge in [0.1, 0.15) is 0 Å². The molecule has 0 saturated heterocycles. The van der Waals surface area contributed by atoms with E-state index < -0.39 is 0 Å². The molecule has 0 saturated carbocycles. The Bertz CT molecular complexity index is 405. The molecule has 2 nitrogen and oxygen atoms in total. The molecule has 0 amide bonds. The van der Waals surface area contributed by atoms with Gasteiger partial charge in [0.05, 0.1) is 0 Å². The third kappa shape index (κ3) is 2.14. The predicted octanol–water partition coefficient (Wildman–Crippen LogP) is 3.23. The monoisotopic (exact) mass is 200 g/mol. The fourth-order valence-corrected chi connectivity index (χ4v) is 1.96. The Morgan fingerprint density at radius 2 is 2.27 bits per heavy atom. The molecule has 2 heteroatoms. The van der Waals surface area contributed by atoms with Crippen LogP contribution in [0.25, 0.3) is 5.57 Å². The summed E-state index contributed by atoms with van der Waals surface area (Å²) in [5.41, 5.74) is 3.76. The molecule has 15 heavy (non-hydrogen) atoms. The first-order valence-electron chi connectivity index (χ1n) is 5.45. The minimum Gasteiger partial charge on any atom is -0.269 e. The van der Waals surface area contributed by atoms with Gasteiger partial charge in [0.2, 0.25) is 0 Å². The second-order valence-electron chi connectivity index (χ2n) is 4.01. The number of hydrogen-bond donors (Lipinski definition) is 0. The first kappa shape index (κ1) is 10.1. The SMILES string of the molecule is CCC1CC=NC=C1c1cncc(C)c1. The van der Waals surface area contributed by atoms with Gasteiger partial charge in [-0.2, -0.15) is 0 Å². The van der Waals surface area contributed by atoms with Gasteiger partial charge >= 0.3 is 0 Å².